The highest BCUT2D eigenvalue weighted by Crippen LogP contribution is 2.37. The maximum Gasteiger partial charge on any atom is 0.200 e. The van der Waals surface area contributed by atoms with Crippen LogP contribution in [0.5, 0.6) is 17.2 Å². The van der Waals surface area contributed by atoms with Gasteiger partial charge in [-0.3, -0.25) is 4.79 Å². The Hall–Kier alpha value is -2.23. The van der Waals surface area contributed by atoms with Gasteiger partial charge in [-0.05, 0) is 23.8 Å². The summed E-state index contributed by atoms with van der Waals surface area (Å²) in [5.74, 6) is 0.641. The van der Waals surface area contributed by atoms with Gasteiger partial charge in [-0.2, -0.15) is 0 Å². The fourth-order valence-electron chi connectivity index (χ4n) is 1.29. The smallest absolute Gasteiger partial charge is 0.200 e. The Morgan fingerprint density at radius 2 is 1.65 bits per heavy atom. The molecule has 4 nitrogen and oxygen atoms in total. The second-order valence-electron chi connectivity index (χ2n) is 3.15. The van der Waals surface area contributed by atoms with E-state index >= 15 is 0 Å². The Balaban J connectivity index is 3.04. The number of allylic oxidation sites excluding steroid dienone is 3. The number of phenols is 1. The fourth-order valence-corrected chi connectivity index (χ4v) is 1.29. The molecule has 1 aromatic carbocycles. The molecule has 4 heteroatoms. The Bertz CT molecular complexity index is 422. The van der Waals surface area contributed by atoms with Crippen molar-refractivity contribution in [2.24, 2.45) is 0 Å². The maximum absolute atomic E-state index is 10.1. The number of ether oxygens (including phenoxy) is 2. The first kappa shape index (κ1) is 12.8. The summed E-state index contributed by atoms with van der Waals surface area (Å²) in [7, 11) is 2.93. The van der Waals surface area contributed by atoms with Crippen molar-refractivity contribution < 1.29 is 19.4 Å². The average molecular weight is 234 g/mol. The van der Waals surface area contributed by atoms with E-state index in [1.54, 1.807) is 30.4 Å². The first-order valence-electron chi connectivity index (χ1n) is 4.96. The molecular formula is C13H14O4. The quantitative estimate of drug-likeness (QED) is 0.482. The van der Waals surface area contributed by atoms with Crippen LogP contribution in [-0.4, -0.2) is 25.6 Å². The molecule has 0 radical (unpaired) electrons. The minimum Gasteiger partial charge on any atom is -0.502 e. The highest BCUT2D eigenvalue weighted by Gasteiger charge is 2.09. The highest BCUT2D eigenvalue weighted by atomic mass is 16.5. The summed E-state index contributed by atoms with van der Waals surface area (Å²) < 4.78 is 10.0. The third-order valence-corrected chi connectivity index (χ3v) is 2.09. The maximum atomic E-state index is 10.1. The number of rotatable bonds is 5. The molecule has 0 heterocycles. The molecule has 0 saturated carbocycles. The first-order valence-corrected chi connectivity index (χ1v) is 4.96. The second-order valence-corrected chi connectivity index (χ2v) is 3.15. The Labute approximate surface area is 99.8 Å². The molecule has 1 aromatic rings. The summed E-state index contributed by atoms with van der Waals surface area (Å²) in [5.41, 5.74) is 0.798. The summed E-state index contributed by atoms with van der Waals surface area (Å²) >= 11 is 0. The van der Waals surface area contributed by atoms with Gasteiger partial charge in [0.15, 0.2) is 11.5 Å². The van der Waals surface area contributed by atoms with E-state index in [1.807, 2.05) is 0 Å². The molecule has 1 rings (SSSR count). The van der Waals surface area contributed by atoms with Crippen molar-refractivity contribution in [3.63, 3.8) is 0 Å². The highest BCUT2D eigenvalue weighted by molar-refractivity contribution is 5.67. The van der Waals surface area contributed by atoms with Crippen molar-refractivity contribution in [3.05, 3.63) is 35.9 Å². The van der Waals surface area contributed by atoms with Crippen LogP contribution >= 0.6 is 0 Å². The van der Waals surface area contributed by atoms with Crippen molar-refractivity contribution in [2.75, 3.05) is 14.2 Å². The van der Waals surface area contributed by atoms with E-state index in [0.717, 1.165) is 5.56 Å². The summed E-state index contributed by atoms with van der Waals surface area (Å²) in [5, 5.41) is 9.69. The third kappa shape index (κ3) is 3.38. The molecule has 1 N–H and O–H groups in total. The van der Waals surface area contributed by atoms with Gasteiger partial charge < -0.3 is 14.6 Å². The van der Waals surface area contributed by atoms with E-state index in [2.05, 4.69) is 0 Å². The van der Waals surface area contributed by atoms with Gasteiger partial charge in [0, 0.05) is 0 Å². The molecule has 0 spiro atoms. The van der Waals surface area contributed by atoms with E-state index < -0.39 is 0 Å². The van der Waals surface area contributed by atoms with E-state index in [9.17, 15) is 9.90 Å². The topological polar surface area (TPSA) is 55.8 Å². The molecule has 17 heavy (non-hydrogen) atoms. The Morgan fingerprint density at radius 3 is 2.12 bits per heavy atom. The number of hydrogen-bond acceptors (Lipinski definition) is 4. The minimum atomic E-state index is -0.0319. The molecule has 0 fully saturated rings. The van der Waals surface area contributed by atoms with Crippen molar-refractivity contribution in [1.82, 2.24) is 0 Å². The van der Waals surface area contributed by atoms with Gasteiger partial charge >= 0.3 is 0 Å². The third-order valence-electron chi connectivity index (χ3n) is 2.09. The van der Waals surface area contributed by atoms with Gasteiger partial charge in [0.05, 0.1) is 14.2 Å². The monoisotopic (exact) mass is 234 g/mol. The summed E-state index contributed by atoms with van der Waals surface area (Å²) in [4.78, 5) is 10.1. The van der Waals surface area contributed by atoms with Crippen LogP contribution in [0.2, 0.25) is 0 Å². The van der Waals surface area contributed by atoms with Crippen LogP contribution in [0.1, 0.15) is 5.56 Å². The zero-order chi connectivity index (χ0) is 12.7. The normalized spacial score (nSPS) is 10.9. The van der Waals surface area contributed by atoms with E-state index in [1.165, 1.54) is 20.3 Å². The van der Waals surface area contributed by atoms with Crippen LogP contribution in [0.15, 0.2) is 30.4 Å². The number of methoxy groups -OCH3 is 2. The number of aromatic hydroxyl groups is 1. The zero-order valence-electron chi connectivity index (χ0n) is 9.71. The second kappa shape index (κ2) is 6.37. The minimum absolute atomic E-state index is 0.0319. The summed E-state index contributed by atoms with van der Waals surface area (Å²) in [6.07, 6.45) is 7.16. The molecule has 0 bridgehead atoms. The number of aldehydes is 1. The molecule has 90 valence electrons. The van der Waals surface area contributed by atoms with Crippen LogP contribution in [0.4, 0.5) is 0 Å². The van der Waals surface area contributed by atoms with E-state index in [4.69, 9.17) is 9.47 Å². The van der Waals surface area contributed by atoms with E-state index in [-0.39, 0.29) is 5.75 Å². The Kier molecular flexibility index (Phi) is 4.81. The molecule has 0 saturated heterocycles. The average Bonchev–Trinajstić information content (AvgIpc) is 2.36. The molecule has 0 atom stereocenters. The molecule has 0 aliphatic rings. The molecular weight excluding hydrogens is 220 g/mol. The predicted octanol–water partition coefficient (Wildman–Crippen LogP) is 2.18. The van der Waals surface area contributed by atoms with Gasteiger partial charge in [0.1, 0.15) is 6.29 Å². The standard InChI is InChI=1S/C13H14O4/c1-16-11-8-10(6-4-3-5-7-14)9-12(17-2)13(11)15/h3-9,15H,1-2H3/b5-3+,6-4+. The fraction of sp³-hybridized carbons (Fsp3) is 0.154. The van der Waals surface area contributed by atoms with Crippen LogP contribution < -0.4 is 9.47 Å². The lowest BCUT2D eigenvalue weighted by atomic mass is 10.1. The number of carbonyl (C=O) groups is 1. The molecule has 0 unspecified atom stereocenters. The van der Waals surface area contributed by atoms with Crippen molar-refractivity contribution >= 4 is 12.4 Å². The van der Waals surface area contributed by atoms with Gasteiger partial charge in [0.2, 0.25) is 5.75 Å². The number of carbonyl (C=O) groups excluding carboxylic acids is 1. The predicted molar refractivity (Wildman–Crippen MR) is 65.4 cm³/mol. The molecule has 0 aromatic heterocycles. The SMILES string of the molecule is COc1cc(/C=C/C=C/C=O)cc(OC)c1O. The number of hydrogen-bond donors (Lipinski definition) is 1. The summed E-state index contributed by atoms with van der Waals surface area (Å²) in [6.45, 7) is 0. The van der Waals surface area contributed by atoms with Crippen LogP contribution in [0.3, 0.4) is 0 Å². The number of benzene rings is 1. The lowest BCUT2D eigenvalue weighted by Gasteiger charge is -2.09. The summed E-state index contributed by atoms with van der Waals surface area (Å²) in [6, 6.07) is 3.34. The number of phenolic OH excluding ortho intramolecular Hbond substituents is 1. The van der Waals surface area contributed by atoms with Gasteiger partial charge in [-0.1, -0.05) is 18.2 Å². The van der Waals surface area contributed by atoms with Crippen molar-refractivity contribution in [1.29, 1.82) is 0 Å². The zero-order valence-corrected chi connectivity index (χ0v) is 9.71. The first-order chi connectivity index (χ1) is 8.22. The lowest BCUT2D eigenvalue weighted by molar-refractivity contribution is -0.104. The van der Waals surface area contributed by atoms with Gasteiger partial charge in [-0.15, -0.1) is 0 Å². The largest absolute Gasteiger partial charge is 0.502 e. The van der Waals surface area contributed by atoms with Crippen molar-refractivity contribution in [2.45, 2.75) is 0 Å². The van der Waals surface area contributed by atoms with Gasteiger partial charge in [0.25, 0.3) is 0 Å². The Morgan fingerprint density at radius 1 is 1.06 bits per heavy atom. The molecule has 0 aliphatic heterocycles. The lowest BCUT2D eigenvalue weighted by Crippen LogP contribution is -1.90. The molecule has 0 amide bonds. The van der Waals surface area contributed by atoms with Crippen LogP contribution in [0, 0.1) is 0 Å². The molecule has 0 aliphatic carbocycles. The van der Waals surface area contributed by atoms with Crippen molar-refractivity contribution in [3.8, 4) is 17.2 Å². The van der Waals surface area contributed by atoms with Gasteiger partial charge in [-0.25, -0.2) is 0 Å². The van der Waals surface area contributed by atoms with Crippen LogP contribution in [0.25, 0.3) is 6.08 Å². The van der Waals surface area contributed by atoms with E-state index in [0.29, 0.717) is 17.8 Å². The van der Waals surface area contributed by atoms with Crippen LogP contribution in [-0.2, 0) is 4.79 Å².